The van der Waals surface area contributed by atoms with Crippen molar-refractivity contribution in [1.82, 2.24) is 30.2 Å². The number of fused-ring (bicyclic) bond motifs is 3. The van der Waals surface area contributed by atoms with Gasteiger partial charge in [-0.3, -0.25) is 0 Å². The predicted octanol–water partition coefficient (Wildman–Crippen LogP) is 7.85. The fourth-order valence-electron chi connectivity index (χ4n) is 4.66. The normalized spacial score (nSPS) is 12.3. The van der Waals surface area contributed by atoms with Gasteiger partial charge in [-0.15, -0.1) is 22.7 Å². The molecule has 0 saturated heterocycles. The number of benzene rings is 1. The zero-order valence-corrected chi connectivity index (χ0v) is 26.6. The number of hydrogen-bond acceptors (Lipinski definition) is 13. The van der Waals surface area contributed by atoms with Crippen molar-refractivity contribution in [1.29, 1.82) is 0 Å². The van der Waals surface area contributed by atoms with Gasteiger partial charge in [-0.05, 0) is 42.7 Å². The van der Waals surface area contributed by atoms with Gasteiger partial charge in [-0.25, -0.2) is 19.9 Å². The summed E-state index contributed by atoms with van der Waals surface area (Å²) in [6.45, 7) is 6.01. The van der Waals surface area contributed by atoms with E-state index in [1.165, 1.54) is 9.75 Å². The van der Waals surface area contributed by atoms with E-state index < -0.39 is 0 Å². The SMILES string of the molecule is CCc1cc2c(Cl)nc(-c3ccno3)nc2s1.CCc1cc2c(NCc3ccc4c(c3)OCCO4)nc(-c3ccno3)nc2s1. The molecule has 45 heavy (non-hydrogen) atoms. The van der Waals surface area contributed by atoms with Crippen LogP contribution in [0, 0.1) is 0 Å². The maximum Gasteiger partial charge on any atom is 0.204 e. The number of anilines is 1. The van der Waals surface area contributed by atoms with E-state index in [0.717, 1.165) is 56.2 Å². The molecule has 0 atom stereocenters. The number of thiophene rings is 2. The van der Waals surface area contributed by atoms with E-state index in [-0.39, 0.29) is 0 Å². The molecule has 1 aliphatic rings. The van der Waals surface area contributed by atoms with E-state index in [9.17, 15) is 0 Å². The van der Waals surface area contributed by atoms with Gasteiger partial charge in [0.1, 0.15) is 33.8 Å². The van der Waals surface area contributed by atoms with Gasteiger partial charge in [-0.1, -0.05) is 41.8 Å². The average molecular weight is 660 g/mol. The number of ether oxygens (including phenoxy) is 2. The van der Waals surface area contributed by atoms with Crippen LogP contribution in [0.3, 0.4) is 0 Å². The van der Waals surface area contributed by atoms with Crippen molar-refractivity contribution in [2.24, 2.45) is 0 Å². The number of hydrogen-bond donors (Lipinski definition) is 1. The number of nitrogens with zero attached hydrogens (tertiary/aromatic N) is 6. The maximum absolute atomic E-state index is 6.14. The third-order valence-electron chi connectivity index (χ3n) is 6.92. The Morgan fingerprint density at radius 1 is 0.733 bits per heavy atom. The Morgan fingerprint density at radius 2 is 1.36 bits per heavy atom. The summed E-state index contributed by atoms with van der Waals surface area (Å²) < 4.78 is 21.5. The average Bonchev–Trinajstić information content (AvgIpc) is 3.90. The van der Waals surface area contributed by atoms with E-state index in [2.05, 4.69) is 55.5 Å². The van der Waals surface area contributed by atoms with Crippen LogP contribution in [-0.4, -0.2) is 43.5 Å². The fourth-order valence-corrected chi connectivity index (χ4v) is 6.87. The Hall–Kier alpha value is -4.59. The largest absolute Gasteiger partial charge is 0.486 e. The zero-order valence-electron chi connectivity index (χ0n) is 24.2. The summed E-state index contributed by atoms with van der Waals surface area (Å²) in [5.74, 6) is 4.43. The van der Waals surface area contributed by atoms with Gasteiger partial charge in [0, 0.05) is 33.8 Å². The highest BCUT2D eigenvalue weighted by atomic mass is 35.5. The molecule has 11 nitrogen and oxygen atoms in total. The van der Waals surface area contributed by atoms with Gasteiger partial charge in [0.05, 0.1) is 17.8 Å². The van der Waals surface area contributed by atoms with Crippen LogP contribution in [0.1, 0.15) is 29.2 Å². The lowest BCUT2D eigenvalue weighted by atomic mass is 10.2. The third kappa shape index (κ3) is 6.19. The molecule has 0 aliphatic carbocycles. The van der Waals surface area contributed by atoms with Crippen molar-refractivity contribution in [2.75, 3.05) is 18.5 Å². The van der Waals surface area contributed by atoms with Crippen LogP contribution >= 0.6 is 34.3 Å². The highest BCUT2D eigenvalue weighted by molar-refractivity contribution is 7.19. The lowest BCUT2D eigenvalue weighted by molar-refractivity contribution is 0.171. The molecular weight excluding hydrogens is 634 g/mol. The van der Waals surface area contributed by atoms with Gasteiger partial charge in [0.15, 0.2) is 11.5 Å². The topological polar surface area (TPSA) is 134 Å². The minimum Gasteiger partial charge on any atom is -0.486 e. The number of aryl methyl sites for hydroxylation is 2. The molecule has 7 heterocycles. The van der Waals surface area contributed by atoms with E-state index in [0.29, 0.717) is 48.1 Å². The van der Waals surface area contributed by atoms with Crippen LogP contribution in [0.2, 0.25) is 5.15 Å². The van der Waals surface area contributed by atoms with Crippen LogP contribution in [-0.2, 0) is 19.4 Å². The Kier molecular flexibility index (Phi) is 8.29. The number of aromatic nitrogens is 6. The minimum absolute atomic E-state index is 0.456. The van der Waals surface area contributed by atoms with Crippen molar-refractivity contribution in [2.45, 2.75) is 33.2 Å². The van der Waals surface area contributed by atoms with Crippen LogP contribution in [0.25, 0.3) is 43.6 Å². The van der Waals surface area contributed by atoms with Crippen LogP contribution in [0.4, 0.5) is 5.82 Å². The molecule has 0 fully saturated rings. The monoisotopic (exact) mass is 659 g/mol. The number of rotatable bonds is 7. The van der Waals surface area contributed by atoms with Crippen molar-refractivity contribution >= 4 is 60.5 Å². The van der Waals surface area contributed by atoms with E-state index >= 15 is 0 Å². The molecule has 1 aromatic carbocycles. The highest BCUT2D eigenvalue weighted by Gasteiger charge is 2.16. The molecule has 0 spiro atoms. The van der Waals surface area contributed by atoms with E-state index in [1.807, 2.05) is 24.3 Å². The number of halogens is 1. The smallest absolute Gasteiger partial charge is 0.204 e. The second-order valence-corrected chi connectivity index (χ2v) is 12.5. The molecule has 7 aromatic rings. The van der Waals surface area contributed by atoms with Crippen molar-refractivity contribution < 1.29 is 18.5 Å². The quantitative estimate of drug-likeness (QED) is 0.168. The summed E-state index contributed by atoms with van der Waals surface area (Å²) in [6.07, 6.45) is 5.08. The molecule has 6 aromatic heterocycles. The zero-order chi connectivity index (χ0) is 30.8. The summed E-state index contributed by atoms with van der Waals surface area (Å²) in [5.41, 5.74) is 1.09. The Balaban J connectivity index is 0.000000163. The molecule has 0 bridgehead atoms. The summed E-state index contributed by atoms with van der Waals surface area (Å²) in [5, 5.41) is 13.2. The van der Waals surface area contributed by atoms with E-state index in [4.69, 9.17) is 30.1 Å². The molecule has 0 amide bonds. The minimum atomic E-state index is 0.456. The standard InChI is InChI=1S/C20H18N4O3S.C11H8ClN3OS/c1-2-13-10-14-18(23-19(24-20(14)28-13)16-5-6-22-27-16)21-11-12-3-4-15-17(9-12)26-8-7-25-15;1-2-6-5-7-9(12)14-10(15-11(7)17-6)8-3-4-13-16-8/h3-6,9-10H,2,7-8,11H2,1H3,(H,21,23,24);3-5H,2H2,1H3. The lowest BCUT2D eigenvalue weighted by Crippen LogP contribution is -2.15. The Bertz CT molecular complexity index is 2080. The lowest BCUT2D eigenvalue weighted by Gasteiger charge is -2.19. The Morgan fingerprint density at radius 3 is 2.00 bits per heavy atom. The second-order valence-electron chi connectivity index (χ2n) is 9.89. The summed E-state index contributed by atoms with van der Waals surface area (Å²) in [4.78, 5) is 22.3. The maximum atomic E-state index is 6.14. The fraction of sp³-hybridized carbons (Fsp3) is 0.226. The van der Waals surface area contributed by atoms with Gasteiger partial charge in [0.2, 0.25) is 23.2 Å². The highest BCUT2D eigenvalue weighted by Crippen LogP contribution is 2.34. The molecule has 14 heteroatoms. The van der Waals surface area contributed by atoms with Crippen LogP contribution < -0.4 is 14.8 Å². The van der Waals surface area contributed by atoms with Gasteiger partial charge in [0.25, 0.3) is 0 Å². The first-order valence-electron chi connectivity index (χ1n) is 14.3. The van der Waals surface area contributed by atoms with Crippen molar-refractivity contribution in [3.05, 3.63) is 75.3 Å². The summed E-state index contributed by atoms with van der Waals surface area (Å²) in [7, 11) is 0. The van der Waals surface area contributed by atoms with E-state index in [1.54, 1.807) is 47.2 Å². The molecule has 0 unspecified atom stereocenters. The van der Waals surface area contributed by atoms with Gasteiger partial charge >= 0.3 is 0 Å². The molecule has 0 saturated carbocycles. The first-order chi connectivity index (χ1) is 22.1. The van der Waals surface area contributed by atoms with Gasteiger partial charge in [-0.2, -0.15) is 0 Å². The second kappa shape index (κ2) is 12.8. The molecular formula is C31H26ClN7O4S2. The molecule has 1 N–H and O–H groups in total. The Labute approximate surface area is 270 Å². The predicted molar refractivity (Wildman–Crippen MR) is 174 cm³/mol. The van der Waals surface area contributed by atoms with Crippen LogP contribution in [0.5, 0.6) is 11.5 Å². The molecule has 1 aliphatic heterocycles. The third-order valence-corrected chi connectivity index (χ3v) is 9.56. The molecule has 8 rings (SSSR count). The first-order valence-corrected chi connectivity index (χ1v) is 16.3. The van der Waals surface area contributed by atoms with Crippen LogP contribution in [0.15, 0.2) is 63.9 Å². The van der Waals surface area contributed by atoms with Gasteiger partial charge < -0.3 is 23.8 Å². The van der Waals surface area contributed by atoms with Crippen molar-refractivity contribution in [3.8, 4) is 34.7 Å². The first kappa shape index (κ1) is 29.1. The molecule has 0 radical (unpaired) electrons. The number of nitrogens with one attached hydrogen (secondary N) is 1. The molecule has 228 valence electrons. The van der Waals surface area contributed by atoms with Crippen molar-refractivity contribution in [3.63, 3.8) is 0 Å². The summed E-state index contributed by atoms with van der Waals surface area (Å²) in [6, 6.07) is 13.6. The summed E-state index contributed by atoms with van der Waals surface area (Å²) >= 11 is 9.44.